The van der Waals surface area contributed by atoms with E-state index in [2.05, 4.69) is 36.3 Å². The van der Waals surface area contributed by atoms with E-state index >= 15 is 0 Å². The van der Waals surface area contributed by atoms with Crippen molar-refractivity contribution in [2.24, 2.45) is 7.05 Å². The van der Waals surface area contributed by atoms with Gasteiger partial charge in [0.2, 0.25) is 0 Å². The summed E-state index contributed by atoms with van der Waals surface area (Å²) in [5, 5.41) is 8.57. The van der Waals surface area contributed by atoms with Gasteiger partial charge in [-0.25, -0.2) is 9.97 Å². The van der Waals surface area contributed by atoms with E-state index in [1.807, 2.05) is 37.5 Å². The number of hydrogen-bond donors (Lipinski definition) is 1. The zero-order valence-electron chi connectivity index (χ0n) is 16.3. The highest BCUT2D eigenvalue weighted by atomic mass is 16.5. The van der Waals surface area contributed by atoms with Crippen LogP contribution in [-0.2, 0) is 20.0 Å². The van der Waals surface area contributed by atoms with Gasteiger partial charge >= 0.3 is 0 Å². The lowest BCUT2D eigenvalue weighted by Gasteiger charge is -2.30. The topological polar surface area (TPSA) is 81.0 Å². The Hall–Kier alpha value is -3.68. The molecule has 0 unspecified atom stereocenters. The van der Waals surface area contributed by atoms with E-state index in [9.17, 15) is 0 Å². The summed E-state index contributed by atoms with van der Waals surface area (Å²) in [5.74, 6) is 2.65. The van der Waals surface area contributed by atoms with Crippen LogP contribution in [0, 0.1) is 0 Å². The molecule has 1 aromatic carbocycles. The fourth-order valence-corrected chi connectivity index (χ4v) is 3.72. The molecule has 3 aromatic heterocycles. The molecule has 0 aliphatic carbocycles. The summed E-state index contributed by atoms with van der Waals surface area (Å²) >= 11 is 0. The maximum atomic E-state index is 5.40. The molecule has 8 nitrogen and oxygen atoms in total. The molecule has 146 valence electrons. The van der Waals surface area contributed by atoms with Crippen LogP contribution in [-0.4, -0.2) is 38.4 Å². The molecule has 0 bridgehead atoms. The highest BCUT2D eigenvalue weighted by Gasteiger charge is 2.21. The molecule has 0 fully saturated rings. The standard InChI is InChI=1S/C21H21N7O/c1-27-20(5-7-25-27)26-15-9-14-12-28(8-6-18(14)22-11-15)21-17-10-16(29-2)3-4-19(17)23-13-24-21/h3-5,7,9-11,13,26H,6,8,12H2,1-2H3. The molecule has 0 amide bonds. The van der Waals surface area contributed by atoms with Crippen LogP contribution in [0.3, 0.4) is 0 Å². The quantitative estimate of drug-likeness (QED) is 0.576. The van der Waals surface area contributed by atoms with Crippen molar-refractivity contribution in [1.82, 2.24) is 24.7 Å². The number of benzene rings is 1. The molecule has 0 spiro atoms. The third kappa shape index (κ3) is 3.22. The van der Waals surface area contributed by atoms with Gasteiger partial charge in [-0.2, -0.15) is 5.10 Å². The molecule has 1 aliphatic heterocycles. The average molecular weight is 387 g/mol. The first kappa shape index (κ1) is 17.4. The number of hydrogen-bond acceptors (Lipinski definition) is 7. The van der Waals surface area contributed by atoms with E-state index in [-0.39, 0.29) is 0 Å². The van der Waals surface area contributed by atoms with E-state index in [0.717, 1.165) is 59.2 Å². The van der Waals surface area contributed by atoms with E-state index in [1.54, 1.807) is 24.3 Å². The first-order valence-corrected chi connectivity index (χ1v) is 9.48. The molecule has 4 heterocycles. The van der Waals surface area contributed by atoms with Gasteiger partial charge in [-0.15, -0.1) is 0 Å². The van der Waals surface area contributed by atoms with Crippen LogP contribution in [0.2, 0.25) is 0 Å². The summed E-state index contributed by atoms with van der Waals surface area (Å²) in [4.78, 5) is 15.9. The Labute approximate surface area is 168 Å². The van der Waals surface area contributed by atoms with Gasteiger partial charge in [-0.05, 0) is 29.8 Å². The van der Waals surface area contributed by atoms with Crippen molar-refractivity contribution in [3.05, 3.63) is 60.3 Å². The smallest absolute Gasteiger partial charge is 0.140 e. The Kier molecular flexibility index (Phi) is 4.23. The predicted molar refractivity (Wildman–Crippen MR) is 112 cm³/mol. The fourth-order valence-electron chi connectivity index (χ4n) is 3.72. The van der Waals surface area contributed by atoms with Crippen LogP contribution in [0.25, 0.3) is 10.9 Å². The lowest BCUT2D eigenvalue weighted by molar-refractivity contribution is 0.415. The third-order valence-corrected chi connectivity index (χ3v) is 5.25. The van der Waals surface area contributed by atoms with Gasteiger partial charge in [0.05, 0.1) is 30.7 Å². The first-order valence-electron chi connectivity index (χ1n) is 9.48. The van der Waals surface area contributed by atoms with Crippen molar-refractivity contribution in [2.75, 3.05) is 23.9 Å². The van der Waals surface area contributed by atoms with Crippen LogP contribution >= 0.6 is 0 Å². The molecule has 0 radical (unpaired) electrons. The number of rotatable bonds is 4. The number of pyridine rings is 1. The summed E-state index contributed by atoms with van der Waals surface area (Å²) < 4.78 is 7.19. The Bertz CT molecular complexity index is 1190. The highest BCUT2D eigenvalue weighted by molar-refractivity contribution is 5.90. The number of nitrogens with zero attached hydrogens (tertiary/aromatic N) is 6. The molecule has 4 aromatic rings. The van der Waals surface area contributed by atoms with Gasteiger partial charge in [0, 0.05) is 43.7 Å². The van der Waals surface area contributed by atoms with Crippen LogP contribution in [0.5, 0.6) is 5.75 Å². The molecule has 29 heavy (non-hydrogen) atoms. The van der Waals surface area contributed by atoms with Crippen molar-refractivity contribution >= 4 is 28.2 Å². The zero-order chi connectivity index (χ0) is 19.8. The van der Waals surface area contributed by atoms with Gasteiger partial charge in [0.15, 0.2) is 0 Å². The average Bonchev–Trinajstić information content (AvgIpc) is 3.16. The van der Waals surface area contributed by atoms with Gasteiger partial charge in [0.1, 0.15) is 23.7 Å². The predicted octanol–water partition coefficient (Wildman–Crippen LogP) is 3.07. The van der Waals surface area contributed by atoms with Crippen LogP contribution in [0.15, 0.2) is 49.1 Å². The Morgan fingerprint density at radius 3 is 2.86 bits per heavy atom. The van der Waals surface area contributed by atoms with Crippen molar-refractivity contribution in [3.8, 4) is 5.75 Å². The summed E-state index contributed by atoms with van der Waals surface area (Å²) in [6.45, 7) is 1.60. The van der Waals surface area contributed by atoms with Gasteiger partial charge < -0.3 is 15.0 Å². The number of nitrogens with one attached hydrogen (secondary N) is 1. The second kappa shape index (κ2) is 7.05. The van der Waals surface area contributed by atoms with Crippen molar-refractivity contribution in [1.29, 1.82) is 0 Å². The summed E-state index contributed by atoms with van der Waals surface area (Å²) in [6.07, 6.45) is 6.14. The molecule has 0 atom stereocenters. The fraction of sp³-hybridized carbons (Fsp3) is 0.238. The lowest BCUT2D eigenvalue weighted by Crippen LogP contribution is -2.31. The first-order chi connectivity index (χ1) is 14.2. The largest absolute Gasteiger partial charge is 0.497 e. The van der Waals surface area contributed by atoms with E-state index < -0.39 is 0 Å². The number of aromatic nitrogens is 5. The minimum Gasteiger partial charge on any atom is -0.497 e. The summed E-state index contributed by atoms with van der Waals surface area (Å²) in [6, 6.07) is 9.98. The monoisotopic (exact) mass is 387 g/mol. The second-order valence-corrected chi connectivity index (χ2v) is 7.05. The molecule has 1 N–H and O–H groups in total. The SMILES string of the molecule is COc1ccc2ncnc(N3CCc4ncc(Nc5ccnn5C)cc4C3)c2c1. The Morgan fingerprint density at radius 1 is 1.10 bits per heavy atom. The van der Waals surface area contributed by atoms with Crippen molar-refractivity contribution < 1.29 is 4.74 Å². The van der Waals surface area contributed by atoms with E-state index in [4.69, 9.17) is 4.74 Å². The zero-order valence-corrected chi connectivity index (χ0v) is 16.3. The number of anilines is 3. The molecule has 1 aliphatic rings. The summed E-state index contributed by atoms with van der Waals surface area (Å²) in [7, 11) is 3.58. The minimum atomic E-state index is 0.743. The van der Waals surface area contributed by atoms with Crippen molar-refractivity contribution in [2.45, 2.75) is 13.0 Å². The maximum absolute atomic E-state index is 5.40. The lowest BCUT2D eigenvalue weighted by atomic mass is 10.0. The minimum absolute atomic E-state index is 0.743. The highest BCUT2D eigenvalue weighted by Crippen LogP contribution is 2.31. The number of aryl methyl sites for hydroxylation is 1. The molecule has 8 heteroatoms. The van der Waals surface area contributed by atoms with E-state index in [1.165, 1.54) is 5.56 Å². The molecule has 5 rings (SSSR count). The van der Waals surface area contributed by atoms with Crippen molar-refractivity contribution in [3.63, 3.8) is 0 Å². The van der Waals surface area contributed by atoms with Gasteiger partial charge in [0.25, 0.3) is 0 Å². The summed E-state index contributed by atoms with van der Waals surface area (Å²) in [5.41, 5.74) is 4.18. The molecule has 0 saturated carbocycles. The van der Waals surface area contributed by atoms with E-state index in [0.29, 0.717) is 0 Å². The third-order valence-electron chi connectivity index (χ3n) is 5.25. The molecular weight excluding hydrogens is 366 g/mol. The normalized spacial score (nSPS) is 13.4. The molecular formula is C21H21N7O. The number of ether oxygens (including phenoxy) is 1. The second-order valence-electron chi connectivity index (χ2n) is 7.05. The Morgan fingerprint density at radius 2 is 2.03 bits per heavy atom. The van der Waals surface area contributed by atoms with Gasteiger partial charge in [-0.3, -0.25) is 9.67 Å². The van der Waals surface area contributed by atoms with Crippen LogP contribution < -0.4 is 15.0 Å². The maximum Gasteiger partial charge on any atom is 0.140 e. The van der Waals surface area contributed by atoms with Gasteiger partial charge in [-0.1, -0.05) is 0 Å². The number of methoxy groups -OCH3 is 1. The molecule has 0 saturated heterocycles. The van der Waals surface area contributed by atoms with Crippen LogP contribution in [0.4, 0.5) is 17.3 Å². The number of fused-ring (bicyclic) bond motifs is 2. The Balaban J connectivity index is 1.47. The van der Waals surface area contributed by atoms with Crippen LogP contribution in [0.1, 0.15) is 11.3 Å².